The van der Waals surface area contributed by atoms with Gasteiger partial charge in [-0.05, 0) is 41.5 Å². The number of hydrogen-bond acceptors (Lipinski definition) is 5. The average Bonchev–Trinajstić information content (AvgIpc) is 2.93. The Balaban J connectivity index is 1.88. The van der Waals surface area contributed by atoms with Crippen molar-refractivity contribution in [3.63, 3.8) is 0 Å². The smallest absolute Gasteiger partial charge is 0.497 e. The molecule has 2 N–H and O–H groups in total. The third-order valence-electron chi connectivity index (χ3n) is 5.53. The molecule has 186 valence electrons. The Hall–Kier alpha value is -4.54. The van der Waals surface area contributed by atoms with Crippen LogP contribution in [0, 0.1) is 0 Å². The molecule has 3 aromatic rings. The number of alkyl halides is 3. The molecule has 0 saturated carbocycles. The van der Waals surface area contributed by atoms with Crippen molar-refractivity contribution in [2.45, 2.75) is 18.4 Å². The number of methoxy groups -OCH3 is 1. The van der Waals surface area contributed by atoms with E-state index < -0.39 is 42.0 Å². The Bertz CT molecular complexity index is 1300. The lowest BCUT2D eigenvalue weighted by molar-refractivity contribution is -0.274. The summed E-state index contributed by atoms with van der Waals surface area (Å²) in [6, 6.07) is 13.4. The molecule has 11 heteroatoms. The molecule has 0 aliphatic carbocycles. The van der Waals surface area contributed by atoms with E-state index in [2.05, 4.69) is 10.1 Å². The van der Waals surface area contributed by atoms with Gasteiger partial charge < -0.3 is 24.8 Å². The number of carboxylic acid groups (broad SMARTS) is 1. The van der Waals surface area contributed by atoms with E-state index in [0.29, 0.717) is 5.75 Å². The van der Waals surface area contributed by atoms with Gasteiger partial charge in [0.05, 0.1) is 18.4 Å². The molecule has 1 heterocycles. The van der Waals surface area contributed by atoms with E-state index in [1.54, 1.807) is 18.2 Å². The van der Waals surface area contributed by atoms with Gasteiger partial charge in [-0.1, -0.05) is 42.5 Å². The molecule has 2 unspecified atom stereocenters. The van der Waals surface area contributed by atoms with Gasteiger partial charge >= 0.3 is 12.3 Å². The van der Waals surface area contributed by atoms with Gasteiger partial charge in [0.25, 0.3) is 11.8 Å². The first kappa shape index (κ1) is 24.6. The summed E-state index contributed by atoms with van der Waals surface area (Å²) in [5, 5.41) is 12.8. The van der Waals surface area contributed by atoms with Crippen molar-refractivity contribution in [3.05, 3.63) is 89.5 Å². The summed E-state index contributed by atoms with van der Waals surface area (Å²) in [4.78, 5) is 40.7. The topological polar surface area (TPSA) is 105 Å². The van der Waals surface area contributed by atoms with Gasteiger partial charge in [0.2, 0.25) is 0 Å². The van der Waals surface area contributed by atoms with Gasteiger partial charge in [-0.25, -0.2) is 4.79 Å². The molecule has 0 saturated heterocycles. The number of carboxylic acids is 1. The van der Waals surface area contributed by atoms with E-state index in [9.17, 15) is 32.7 Å². The second-order valence-corrected chi connectivity index (χ2v) is 7.78. The van der Waals surface area contributed by atoms with Crippen LogP contribution in [0.15, 0.2) is 72.8 Å². The third kappa shape index (κ3) is 4.95. The second-order valence-electron chi connectivity index (χ2n) is 7.78. The fourth-order valence-electron chi connectivity index (χ4n) is 4.01. The minimum atomic E-state index is -4.92. The molecule has 0 fully saturated rings. The molecule has 4 rings (SSSR count). The minimum Gasteiger partial charge on any atom is -0.497 e. The fraction of sp³-hybridized carbons (Fsp3) is 0.160. The van der Waals surface area contributed by atoms with Crippen LogP contribution in [0.25, 0.3) is 0 Å². The molecule has 1 aliphatic rings. The van der Waals surface area contributed by atoms with Crippen LogP contribution in [-0.2, 0) is 9.59 Å². The summed E-state index contributed by atoms with van der Waals surface area (Å²) >= 11 is 0. The lowest BCUT2D eigenvalue weighted by Crippen LogP contribution is -2.44. The molecule has 36 heavy (non-hydrogen) atoms. The van der Waals surface area contributed by atoms with Crippen molar-refractivity contribution >= 4 is 23.5 Å². The zero-order chi connectivity index (χ0) is 26.0. The highest BCUT2D eigenvalue weighted by Crippen LogP contribution is 2.39. The first-order chi connectivity index (χ1) is 17.1. The van der Waals surface area contributed by atoms with Crippen LogP contribution >= 0.6 is 0 Å². The number of nitrogens with zero attached hydrogens (tertiary/aromatic N) is 1. The Kier molecular flexibility index (Phi) is 6.56. The molecule has 0 bridgehead atoms. The van der Waals surface area contributed by atoms with Gasteiger partial charge in [0, 0.05) is 0 Å². The monoisotopic (exact) mass is 500 g/mol. The predicted octanol–water partition coefficient (Wildman–Crippen LogP) is 4.56. The van der Waals surface area contributed by atoms with E-state index >= 15 is 0 Å². The maximum absolute atomic E-state index is 13.8. The van der Waals surface area contributed by atoms with Gasteiger partial charge in [0.1, 0.15) is 17.5 Å². The highest BCUT2D eigenvalue weighted by Gasteiger charge is 2.44. The molecule has 0 aromatic heterocycles. The number of hydrogen-bond donors (Lipinski definition) is 2. The van der Waals surface area contributed by atoms with E-state index in [0.717, 1.165) is 17.0 Å². The Morgan fingerprint density at radius 2 is 1.64 bits per heavy atom. The van der Waals surface area contributed by atoms with Crippen molar-refractivity contribution in [1.29, 1.82) is 0 Å². The number of carbonyl (C=O) groups excluding carboxylic acids is 2. The van der Waals surface area contributed by atoms with Crippen LogP contribution < -0.4 is 14.8 Å². The molecule has 2 atom stereocenters. The number of anilines is 1. The van der Waals surface area contributed by atoms with Gasteiger partial charge in [-0.2, -0.15) is 0 Å². The summed E-state index contributed by atoms with van der Waals surface area (Å²) in [5.74, 6) is -3.19. The molecular formula is C25H19F3N2O6. The first-order valence-electron chi connectivity index (χ1n) is 10.5. The number of carbonyl (C=O) groups is 3. The van der Waals surface area contributed by atoms with E-state index in [1.165, 1.54) is 49.6 Å². The summed E-state index contributed by atoms with van der Waals surface area (Å²) < 4.78 is 46.9. The number of nitrogens with one attached hydrogen (secondary N) is 1. The molecular weight excluding hydrogens is 481 g/mol. The molecule has 1 aliphatic heterocycles. The molecule has 0 radical (unpaired) electrons. The van der Waals surface area contributed by atoms with Crippen molar-refractivity contribution in [2.24, 2.45) is 0 Å². The molecule has 8 nitrogen and oxygen atoms in total. The maximum Gasteiger partial charge on any atom is 0.573 e. The first-order valence-corrected chi connectivity index (χ1v) is 10.5. The molecule has 0 spiro atoms. The van der Waals surface area contributed by atoms with Gasteiger partial charge in [-0.15, -0.1) is 13.2 Å². The minimum absolute atomic E-state index is 0.00981. The Morgan fingerprint density at radius 3 is 2.22 bits per heavy atom. The van der Waals surface area contributed by atoms with Gasteiger partial charge in [0.15, 0.2) is 6.04 Å². The summed E-state index contributed by atoms with van der Waals surface area (Å²) in [6.07, 6.45) is -4.92. The van der Waals surface area contributed by atoms with Crippen molar-refractivity contribution in [1.82, 2.24) is 4.90 Å². The summed E-state index contributed by atoms with van der Waals surface area (Å²) in [7, 11) is 1.39. The largest absolute Gasteiger partial charge is 0.573 e. The number of amides is 2. The zero-order valence-corrected chi connectivity index (χ0v) is 18.7. The zero-order valence-electron chi connectivity index (χ0n) is 18.7. The van der Waals surface area contributed by atoms with Crippen LogP contribution in [0.3, 0.4) is 0 Å². The van der Waals surface area contributed by atoms with Crippen molar-refractivity contribution < 1.29 is 42.1 Å². The van der Waals surface area contributed by atoms with E-state index in [4.69, 9.17) is 4.74 Å². The van der Waals surface area contributed by atoms with Crippen LogP contribution in [0.5, 0.6) is 11.5 Å². The standard InChI is InChI=1S/C25H19F3N2O6/c1-35-17-11-12-19-18(13-17)23(32)30(21(24(33)34)14-5-3-2-4-6-14)20(22(31)29-19)15-7-9-16(10-8-15)36-25(26,27)28/h2-13,20-21H,1H3,(H,29,31)(H,33,34). The number of benzene rings is 3. The predicted molar refractivity (Wildman–Crippen MR) is 120 cm³/mol. The van der Waals surface area contributed by atoms with Crippen LogP contribution in [0.2, 0.25) is 0 Å². The lowest BCUT2D eigenvalue weighted by Gasteiger charge is -2.34. The lowest BCUT2D eigenvalue weighted by atomic mass is 9.97. The maximum atomic E-state index is 13.8. The number of aliphatic carboxylic acids is 1. The SMILES string of the molecule is COc1ccc2c(c1)C(=O)N(C(C(=O)O)c1ccccc1)C(c1ccc(OC(F)(F)F)cc1)C(=O)N2. The number of fused-ring (bicyclic) bond motifs is 1. The van der Waals surface area contributed by atoms with Crippen molar-refractivity contribution in [2.75, 3.05) is 12.4 Å². The Morgan fingerprint density at radius 1 is 1.00 bits per heavy atom. The summed E-state index contributed by atoms with van der Waals surface area (Å²) in [6.45, 7) is 0. The Labute approximate surface area is 202 Å². The van der Waals surface area contributed by atoms with Gasteiger partial charge in [-0.3, -0.25) is 9.59 Å². The third-order valence-corrected chi connectivity index (χ3v) is 5.53. The normalized spacial score (nSPS) is 16.4. The highest BCUT2D eigenvalue weighted by atomic mass is 19.4. The second kappa shape index (κ2) is 9.61. The fourth-order valence-corrected chi connectivity index (χ4v) is 4.01. The van der Waals surface area contributed by atoms with Crippen LogP contribution in [0.1, 0.15) is 33.6 Å². The average molecular weight is 500 g/mol. The molecule has 3 aromatic carbocycles. The highest BCUT2D eigenvalue weighted by molar-refractivity contribution is 6.11. The van der Waals surface area contributed by atoms with Crippen molar-refractivity contribution in [3.8, 4) is 11.5 Å². The number of ether oxygens (including phenoxy) is 2. The molecule has 2 amide bonds. The summed E-state index contributed by atoms with van der Waals surface area (Å²) in [5.41, 5.74) is 0.425. The van der Waals surface area contributed by atoms with E-state index in [1.807, 2.05) is 0 Å². The van der Waals surface area contributed by atoms with E-state index in [-0.39, 0.29) is 22.4 Å². The van der Waals surface area contributed by atoms with Crippen LogP contribution in [-0.4, -0.2) is 41.3 Å². The number of halogens is 3. The quantitative estimate of drug-likeness (QED) is 0.515. The van der Waals surface area contributed by atoms with Crippen LogP contribution in [0.4, 0.5) is 18.9 Å². The number of rotatable bonds is 6.